The van der Waals surface area contributed by atoms with Gasteiger partial charge in [0.05, 0.1) is 6.61 Å². The second-order valence-corrected chi connectivity index (χ2v) is 5.39. The van der Waals surface area contributed by atoms with Crippen LogP contribution in [0.4, 0.5) is 5.69 Å². The third-order valence-electron chi connectivity index (χ3n) is 4.19. The molecule has 0 bridgehead atoms. The van der Waals surface area contributed by atoms with Crippen molar-refractivity contribution in [2.45, 2.75) is 39.0 Å². The van der Waals surface area contributed by atoms with Gasteiger partial charge in [-0.2, -0.15) is 0 Å². The van der Waals surface area contributed by atoms with E-state index >= 15 is 0 Å². The standard InChI is InChI=1S/C16H23NO3/c1-2-16(9-3-4-10-16)15(19)17-13-5-7-14(8-6-13)20-12-11-18/h5-8,18H,2-4,9-12H2,1H3,(H,17,19). The van der Waals surface area contributed by atoms with E-state index in [0.29, 0.717) is 5.75 Å². The first kappa shape index (κ1) is 14.9. The Labute approximate surface area is 120 Å². The molecule has 4 nitrogen and oxygen atoms in total. The van der Waals surface area contributed by atoms with E-state index in [1.54, 1.807) is 12.1 Å². The molecule has 0 heterocycles. The van der Waals surface area contributed by atoms with Crippen molar-refractivity contribution in [3.8, 4) is 5.75 Å². The Morgan fingerprint density at radius 1 is 1.30 bits per heavy atom. The van der Waals surface area contributed by atoms with Crippen LogP contribution in [0.1, 0.15) is 39.0 Å². The highest BCUT2D eigenvalue weighted by molar-refractivity contribution is 5.95. The number of carbonyl (C=O) groups excluding carboxylic acids is 1. The fourth-order valence-corrected chi connectivity index (χ4v) is 2.85. The SMILES string of the molecule is CCC1(C(=O)Nc2ccc(OCCO)cc2)CCCC1. The molecular weight excluding hydrogens is 254 g/mol. The van der Waals surface area contributed by atoms with Gasteiger partial charge < -0.3 is 15.2 Å². The topological polar surface area (TPSA) is 58.6 Å². The summed E-state index contributed by atoms with van der Waals surface area (Å²) in [6.07, 6.45) is 5.18. The van der Waals surface area contributed by atoms with Crippen LogP contribution in [0.25, 0.3) is 0 Å². The fourth-order valence-electron chi connectivity index (χ4n) is 2.85. The Morgan fingerprint density at radius 2 is 1.95 bits per heavy atom. The lowest BCUT2D eigenvalue weighted by atomic mass is 9.82. The van der Waals surface area contributed by atoms with Crippen molar-refractivity contribution >= 4 is 11.6 Å². The minimum atomic E-state index is -0.175. The zero-order chi connectivity index (χ0) is 14.4. The summed E-state index contributed by atoms with van der Waals surface area (Å²) in [5.41, 5.74) is 0.623. The van der Waals surface area contributed by atoms with E-state index in [4.69, 9.17) is 9.84 Å². The van der Waals surface area contributed by atoms with Gasteiger partial charge in [-0.3, -0.25) is 4.79 Å². The molecule has 20 heavy (non-hydrogen) atoms. The van der Waals surface area contributed by atoms with Crippen LogP contribution in [0.15, 0.2) is 24.3 Å². The molecule has 1 aliphatic rings. The molecule has 2 N–H and O–H groups in total. The highest BCUT2D eigenvalue weighted by Crippen LogP contribution is 2.41. The molecule has 2 rings (SSSR count). The molecule has 1 saturated carbocycles. The number of carbonyl (C=O) groups is 1. The molecule has 4 heteroatoms. The fraction of sp³-hybridized carbons (Fsp3) is 0.562. The number of rotatable bonds is 6. The van der Waals surface area contributed by atoms with E-state index < -0.39 is 0 Å². The second kappa shape index (κ2) is 6.75. The highest BCUT2D eigenvalue weighted by atomic mass is 16.5. The summed E-state index contributed by atoms with van der Waals surface area (Å²) in [6.45, 7) is 2.37. The first-order chi connectivity index (χ1) is 9.70. The normalized spacial score (nSPS) is 16.9. The van der Waals surface area contributed by atoms with Gasteiger partial charge in [0.25, 0.3) is 0 Å². The van der Waals surface area contributed by atoms with Gasteiger partial charge in [-0.15, -0.1) is 0 Å². The van der Waals surface area contributed by atoms with Crippen LogP contribution in [0.3, 0.4) is 0 Å². The lowest BCUT2D eigenvalue weighted by Crippen LogP contribution is -2.33. The van der Waals surface area contributed by atoms with Gasteiger partial charge in [-0.25, -0.2) is 0 Å². The zero-order valence-electron chi connectivity index (χ0n) is 12.0. The maximum absolute atomic E-state index is 12.4. The number of hydrogen-bond donors (Lipinski definition) is 2. The number of ether oxygens (including phenoxy) is 1. The van der Waals surface area contributed by atoms with Crippen molar-refractivity contribution in [2.24, 2.45) is 5.41 Å². The van der Waals surface area contributed by atoms with Crippen molar-refractivity contribution in [1.29, 1.82) is 0 Å². The largest absolute Gasteiger partial charge is 0.491 e. The number of aliphatic hydroxyl groups is 1. The van der Waals surface area contributed by atoms with E-state index in [-0.39, 0.29) is 24.5 Å². The van der Waals surface area contributed by atoms with Crippen LogP contribution >= 0.6 is 0 Å². The molecular formula is C16H23NO3. The number of amides is 1. The molecule has 0 spiro atoms. The lowest BCUT2D eigenvalue weighted by molar-refractivity contribution is -0.125. The average molecular weight is 277 g/mol. The minimum Gasteiger partial charge on any atom is -0.491 e. The molecule has 0 saturated heterocycles. The van der Waals surface area contributed by atoms with E-state index in [1.807, 2.05) is 12.1 Å². The van der Waals surface area contributed by atoms with Crippen molar-refractivity contribution < 1.29 is 14.6 Å². The molecule has 0 aromatic heterocycles. The molecule has 1 aromatic rings. The summed E-state index contributed by atoms with van der Waals surface area (Å²) in [5.74, 6) is 0.838. The molecule has 0 atom stereocenters. The number of benzene rings is 1. The molecule has 1 aromatic carbocycles. The lowest BCUT2D eigenvalue weighted by Gasteiger charge is -2.26. The molecule has 1 amide bonds. The molecule has 0 radical (unpaired) electrons. The van der Waals surface area contributed by atoms with Gasteiger partial charge >= 0.3 is 0 Å². The minimum absolute atomic E-state index is 0.00247. The van der Waals surface area contributed by atoms with Crippen molar-refractivity contribution in [2.75, 3.05) is 18.5 Å². The summed E-state index contributed by atoms with van der Waals surface area (Å²) in [6, 6.07) is 7.28. The van der Waals surface area contributed by atoms with Crippen LogP contribution in [0, 0.1) is 5.41 Å². The van der Waals surface area contributed by atoms with Crippen molar-refractivity contribution in [1.82, 2.24) is 0 Å². The predicted octanol–water partition coefficient (Wildman–Crippen LogP) is 2.97. The van der Waals surface area contributed by atoms with E-state index in [0.717, 1.165) is 37.8 Å². The third kappa shape index (κ3) is 3.31. The molecule has 1 fully saturated rings. The molecule has 1 aliphatic carbocycles. The number of nitrogens with one attached hydrogen (secondary N) is 1. The Kier molecular flexibility index (Phi) is 5.01. The summed E-state index contributed by atoms with van der Waals surface area (Å²) in [4.78, 5) is 12.4. The van der Waals surface area contributed by atoms with Gasteiger partial charge in [-0.1, -0.05) is 19.8 Å². The highest BCUT2D eigenvalue weighted by Gasteiger charge is 2.39. The first-order valence-electron chi connectivity index (χ1n) is 7.35. The maximum Gasteiger partial charge on any atom is 0.230 e. The number of aliphatic hydroxyl groups excluding tert-OH is 1. The summed E-state index contributed by atoms with van der Waals surface area (Å²) in [7, 11) is 0. The van der Waals surface area contributed by atoms with E-state index in [9.17, 15) is 4.79 Å². The van der Waals surface area contributed by atoms with E-state index in [1.165, 1.54) is 0 Å². The smallest absolute Gasteiger partial charge is 0.230 e. The van der Waals surface area contributed by atoms with Crippen LogP contribution in [0.5, 0.6) is 5.75 Å². The Balaban J connectivity index is 1.97. The molecule has 0 unspecified atom stereocenters. The summed E-state index contributed by atoms with van der Waals surface area (Å²) >= 11 is 0. The Morgan fingerprint density at radius 3 is 2.50 bits per heavy atom. The van der Waals surface area contributed by atoms with Crippen LogP contribution in [-0.4, -0.2) is 24.2 Å². The van der Waals surface area contributed by atoms with Gasteiger partial charge in [0.15, 0.2) is 0 Å². The Bertz CT molecular complexity index is 436. The molecule has 110 valence electrons. The van der Waals surface area contributed by atoms with Crippen LogP contribution in [-0.2, 0) is 4.79 Å². The van der Waals surface area contributed by atoms with Crippen LogP contribution in [0.2, 0.25) is 0 Å². The quantitative estimate of drug-likeness (QED) is 0.840. The second-order valence-electron chi connectivity index (χ2n) is 5.39. The monoisotopic (exact) mass is 277 g/mol. The summed E-state index contributed by atoms with van der Waals surface area (Å²) < 4.78 is 5.29. The Hall–Kier alpha value is -1.55. The van der Waals surface area contributed by atoms with Crippen molar-refractivity contribution in [3.05, 3.63) is 24.3 Å². The van der Waals surface area contributed by atoms with Gasteiger partial charge in [-0.05, 0) is 43.5 Å². The van der Waals surface area contributed by atoms with Gasteiger partial charge in [0, 0.05) is 11.1 Å². The van der Waals surface area contributed by atoms with Gasteiger partial charge in [0.2, 0.25) is 5.91 Å². The first-order valence-corrected chi connectivity index (χ1v) is 7.35. The van der Waals surface area contributed by atoms with Gasteiger partial charge in [0.1, 0.15) is 12.4 Å². The maximum atomic E-state index is 12.4. The van der Waals surface area contributed by atoms with Crippen molar-refractivity contribution in [3.63, 3.8) is 0 Å². The van der Waals surface area contributed by atoms with Crippen LogP contribution < -0.4 is 10.1 Å². The third-order valence-corrected chi connectivity index (χ3v) is 4.19. The zero-order valence-corrected chi connectivity index (χ0v) is 12.0. The van der Waals surface area contributed by atoms with E-state index in [2.05, 4.69) is 12.2 Å². The average Bonchev–Trinajstić information content (AvgIpc) is 2.97. The number of hydrogen-bond acceptors (Lipinski definition) is 3. The number of anilines is 1. The summed E-state index contributed by atoms with van der Waals surface area (Å²) in [5, 5.41) is 11.7. The molecule has 0 aliphatic heterocycles. The predicted molar refractivity (Wildman–Crippen MR) is 78.8 cm³/mol.